The second-order valence-electron chi connectivity index (χ2n) is 9.50. The summed E-state index contributed by atoms with van der Waals surface area (Å²) in [5.74, 6) is -1.44. The topological polar surface area (TPSA) is 95.0 Å². The van der Waals surface area contributed by atoms with Gasteiger partial charge >= 0.3 is 6.03 Å². The van der Waals surface area contributed by atoms with Crippen LogP contribution in [0.2, 0.25) is 0 Å². The van der Waals surface area contributed by atoms with Crippen LogP contribution in [-0.4, -0.2) is 70.7 Å². The van der Waals surface area contributed by atoms with Crippen molar-refractivity contribution in [2.24, 2.45) is 5.92 Å². The van der Waals surface area contributed by atoms with Crippen LogP contribution < -0.4 is 10.1 Å². The third-order valence-corrected chi connectivity index (χ3v) is 6.61. The molecule has 200 valence electrons. The summed E-state index contributed by atoms with van der Waals surface area (Å²) in [5.41, 5.74) is 1.53. The van der Waals surface area contributed by atoms with E-state index in [1.54, 1.807) is 43.1 Å². The highest BCUT2D eigenvalue weighted by Crippen LogP contribution is 2.30. The molecule has 2 heterocycles. The number of nitrogens with one attached hydrogen (secondary N) is 1. The van der Waals surface area contributed by atoms with E-state index in [0.717, 1.165) is 0 Å². The number of ether oxygens (including phenoxy) is 1. The smallest absolute Gasteiger partial charge is 0.321 e. The lowest BCUT2D eigenvalue weighted by Gasteiger charge is -2.37. The molecule has 0 aliphatic carbocycles. The van der Waals surface area contributed by atoms with Gasteiger partial charge in [0.15, 0.2) is 0 Å². The van der Waals surface area contributed by atoms with Crippen molar-refractivity contribution in [3.8, 4) is 17.0 Å². The molecule has 10 heteroatoms. The average Bonchev–Trinajstić information content (AvgIpc) is 2.91. The summed E-state index contributed by atoms with van der Waals surface area (Å²) in [6.45, 7) is 3.77. The van der Waals surface area contributed by atoms with E-state index < -0.39 is 24.0 Å². The number of pyridine rings is 1. The Hall–Kier alpha value is -4.05. The molecule has 38 heavy (non-hydrogen) atoms. The van der Waals surface area contributed by atoms with Crippen molar-refractivity contribution in [1.29, 1.82) is 0 Å². The van der Waals surface area contributed by atoms with Gasteiger partial charge in [-0.15, -0.1) is 0 Å². The molecule has 2 N–H and O–H groups in total. The zero-order valence-electron chi connectivity index (χ0n) is 21.4. The number of aliphatic hydroxyl groups is 1. The van der Waals surface area contributed by atoms with Crippen LogP contribution in [0.3, 0.4) is 0 Å². The number of aliphatic hydroxyl groups excluding tert-OH is 1. The molecule has 0 saturated carbocycles. The van der Waals surface area contributed by atoms with E-state index in [4.69, 9.17) is 4.74 Å². The molecule has 1 aliphatic rings. The zero-order chi connectivity index (χ0) is 27.4. The molecule has 0 spiro atoms. The van der Waals surface area contributed by atoms with Crippen LogP contribution in [0.1, 0.15) is 24.2 Å². The summed E-state index contributed by atoms with van der Waals surface area (Å²) in [6, 6.07) is 12.3. The first-order valence-corrected chi connectivity index (χ1v) is 12.3. The van der Waals surface area contributed by atoms with Crippen LogP contribution in [0.5, 0.6) is 5.88 Å². The van der Waals surface area contributed by atoms with E-state index in [2.05, 4.69) is 10.3 Å². The Morgan fingerprint density at radius 1 is 1.21 bits per heavy atom. The number of anilines is 1. The van der Waals surface area contributed by atoms with Gasteiger partial charge in [-0.1, -0.05) is 31.2 Å². The highest BCUT2D eigenvalue weighted by atomic mass is 19.1. The maximum Gasteiger partial charge on any atom is 0.321 e. The van der Waals surface area contributed by atoms with Crippen molar-refractivity contribution in [1.82, 2.24) is 14.8 Å². The number of benzene rings is 2. The Kier molecular flexibility index (Phi) is 8.21. The minimum atomic E-state index is -0.573. The summed E-state index contributed by atoms with van der Waals surface area (Å²) >= 11 is 0. The van der Waals surface area contributed by atoms with Crippen LogP contribution in [0.15, 0.2) is 60.8 Å². The van der Waals surface area contributed by atoms with Crippen molar-refractivity contribution in [2.45, 2.75) is 26.0 Å². The highest BCUT2D eigenvalue weighted by Gasteiger charge is 2.35. The van der Waals surface area contributed by atoms with Gasteiger partial charge in [0.2, 0.25) is 5.88 Å². The molecular weight excluding hydrogens is 494 g/mol. The van der Waals surface area contributed by atoms with Crippen LogP contribution in [0.4, 0.5) is 19.3 Å². The molecule has 0 radical (unpaired) electrons. The number of carbonyl (C=O) groups excluding carboxylic acids is 2. The lowest BCUT2D eigenvalue weighted by atomic mass is 9.99. The van der Waals surface area contributed by atoms with Gasteiger partial charge in [0.05, 0.1) is 24.9 Å². The number of amides is 3. The van der Waals surface area contributed by atoms with E-state index in [-0.39, 0.29) is 54.5 Å². The standard InChI is InChI=1S/C28H30F2N4O4/c1-17-14-34(18(2)16-35)27(36)22-12-20(19-8-10-21(29)11-9-19)13-31-26(22)38-25(17)15-33(3)28(37)32-24-7-5-4-6-23(24)30/h4-13,17-18,25,35H,14-16H2,1-3H3,(H,32,37)/t17-,18-,25+/m0/s1. The van der Waals surface area contributed by atoms with Gasteiger partial charge in [0, 0.05) is 31.3 Å². The lowest BCUT2D eigenvalue weighted by molar-refractivity contribution is 0.0356. The van der Waals surface area contributed by atoms with Gasteiger partial charge in [0.1, 0.15) is 23.3 Å². The molecular formula is C28H30F2N4O4. The molecule has 3 amide bonds. The van der Waals surface area contributed by atoms with Gasteiger partial charge < -0.3 is 25.0 Å². The number of aromatic nitrogens is 1. The molecule has 2 aromatic carbocycles. The fourth-order valence-corrected chi connectivity index (χ4v) is 4.25. The summed E-state index contributed by atoms with van der Waals surface area (Å²) < 4.78 is 33.7. The van der Waals surface area contributed by atoms with Gasteiger partial charge in [-0.05, 0) is 42.8 Å². The van der Waals surface area contributed by atoms with Gasteiger partial charge in [-0.3, -0.25) is 4.79 Å². The second-order valence-corrected chi connectivity index (χ2v) is 9.50. The maximum atomic E-state index is 14.0. The predicted molar refractivity (Wildman–Crippen MR) is 139 cm³/mol. The molecule has 8 nitrogen and oxygen atoms in total. The summed E-state index contributed by atoms with van der Waals surface area (Å²) in [4.78, 5) is 33.7. The number of urea groups is 1. The summed E-state index contributed by atoms with van der Waals surface area (Å²) in [7, 11) is 1.57. The average molecular weight is 525 g/mol. The number of likely N-dealkylation sites (N-methyl/N-ethyl adjacent to an activating group) is 1. The molecule has 1 aliphatic heterocycles. The Bertz CT molecular complexity index is 1300. The van der Waals surface area contributed by atoms with Crippen molar-refractivity contribution in [3.63, 3.8) is 0 Å². The van der Waals surface area contributed by atoms with Crippen LogP contribution in [0.25, 0.3) is 11.1 Å². The number of hydrogen-bond acceptors (Lipinski definition) is 5. The quantitative estimate of drug-likeness (QED) is 0.498. The maximum absolute atomic E-state index is 14.0. The van der Waals surface area contributed by atoms with Crippen LogP contribution >= 0.6 is 0 Å². The number of fused-ring (bicyclic) bond motifs is 1. The van der Waals surface area contributed by atoms with E-state index in [0.29, 0.717) is 11.1 Å². The second kappa shape index (κ2) is 11.6. The monoisotopic (exact) mass is 524 g/mol. The summed E-state index contributed by atoms with van der Waals surface area (Å²) in [5, 5.41) is 12.4. The first kappa shape index (κ1) is 27.0. The first-order chi connectivity index (χ1) is 18.2. The first-order valence-electron chi connectivity index (χ1n) is 12.3. The molecule has 4 rings (SSSR count). The van der Waals surface area contributed by atoms with Gasteiger partial charge in [-0.2, -0.15) is 0 Å². The highest BCUT2D eigenvalue weighted by molar-refractivity contribution is 5.98. The zero-order valence-corrected chi connectivity index (χ0v) is 21.4. The number of nitrogens with zero attached hydrogens (tertiary/aromatic N) is 3. The van der Waals surface area contributed by atoms with Crippen molar-refractivity contribution in [3.05, 3.63) is 78.0 Å². The number of rotatable bonds is 6. The fraction of sp³-hybridized carbons (Fsp3) is 0.321. The van der Waals surface area contributed by atoms with E-state index in [1.165, 1.54) is 41.4 Å². The van der Waals surface area contributed by atoms with Crippen LogP contribution in [0, 0.1) is 17.6 Å². The Labute approximate surface area is 219 Å². The van der Waals surface area contributed by atoms with Crippen LogP contribution in [-0.2, 0) is 0 Å². The molecule has 3 atom stereocenters. The Morgan fingerprint density at radius 2 is 1.92 bits per heavy atom. The normalized spacial score (nSPS) is 18.1. The SMILES string of the molecule is C[C@H]1CN([C@@H](C)CO)C(=O)c2cc(-c3ccc(F)cc3)cnc2O[C@@H]1CN(C)C(=O)Nc1ccccc1F. The molecule has 0 fully saturated rings. The van der Waals surface area contributed by atoms with Gasteiger partial charge in [0.25, 0.3) is 5.91 Å². The third kappa shape index (κ3) is 5.91. The van der Waals surface area contributed by atoms with Crippen molar-refractivity contribution in [2.75, 3.05) is 32.1 Å². The fourth-order valence-electron chi connectivity index (χ4n) is 4.25. The number of halogens is 2. The van der Waals surface area contributed by atoms with E-state index in [9.17, 15) is 23.5 Å². The lowest BCUT2D eigenvalue weighted by Crippen LogP contribution is -2.50. The summed E-state index contributed by atoms with van der Waals surface area (Å²) in [6.07, 6.45) is 0.965. The molecule has 1 aromatic heterocycles. The number of carbonyl (C=O) groups is 2. The minimum Gasteiger partial charge on any atom is -0.472 e. The molecule has 3 aromatic rings. The molecule has 0 unspecified atom stereocenters. The third-order valence-electron chi connectivity index (χ3n) is 6.61. The molecule has 0 bridgehead atoms. The predicted octanol–water partition coefficient (Wildman–Crippen LogP) is 4.41. The van der Waals surface area contributed by atoms with E-state index >= 15 is 0 Å². The van der Waals surface area contributed by atoms with E-state index in [1.807, 2.05) is 6.92 Å². The Morgan fingerprint density at radius 3 is 2.61 bits per heavy atom. The number of hydrogen-bond donors (Lipinski definition) is 2. The minimum absolute atomic E-state index is 0.0601. The molecule has 0 saturated heterocycles. The van der Waals surface area contributed by atoms with Crippen molar-refractivity contribution < 1.29 is 28.2 Å². The number of para-hydroxylation sites is 1. The van der Waals surface area contributed by atoms with Gasteiger partial charge in [-0.25, -0.2) is 18.6 Å². The largest absolute Gasteiger partial charge is 0.472 e. The Balaban J connectivity index is 1.63. The van der Waals surface area contributed by atoms with Crippen molar-refractivity contribution >= 4 is 17.6 Å².